The molecule has 0 radical (unpaired) electrons. The third-order valence-corrected chi connectivity index (χ3v) is 1.85. The summed E-state index contributed by atoms with van der Waals surface area (Å²) >= 11 is 0. The molecule has 0 unspecified atom stereocenters. The van der Waals surface area contributed by atoms with E-state index in [1.165, 1.54) is 13.8 Å². The highest BCUT2D eigenvalue weighted by atomic mass is 16.4. The number of aliphatic hydroxyl groups excluding tert-OH is 2. The van der Waals surface area contributed by atoms with Crippen molar-refractivity contribution >= 4 is 11.9 Å². The molecular weight excluding hydrogens is 202 g/mol. The van der Waals surface area contributed by atoms with Crippen LogP contribution >= 0.6 is 0 Å². The van der Waals surface area contributed by atoms with Crippen LogP contribution in [0.1, 0.15) is 13.8 Å². The number of carboxylic acid groups (broad SMARTS) is 1. The fourth-order valence-electron chi connectivity index (χ4n) is 0.715. The molecule has 0 rings (SSSR count). The standard InChI is InChI=1S/C9H15NO5/c1-9(2,5-11)7(14)8(15)10-4-3-6(12)13/h3-4,7,11,14H,5H2,1-2H3,(H,10,15)(H,12,13)/b4-3-/t7-/m1/s1. The average Bonchev–Trinajstić information content (AvgIpc) is 2.15. The van der Waals surface area contributed by atoms with Gasteiger partial charge in [-0.15, -0.1) is 0 Å². The minimum Gasteiger partial charge on any atom is -0.478 e. The molecule has 0 aromatic heterocycles. The highest BCUT2D eigenvalue weighted by Crippen LogP contribution is 2.19. The van der Waals surface area contributed by atoms with Crippen molar-refractivity contribution in [3.05, 3.63) is 12.3 Å². The zero-order chi connectivity index (χ0) is 12.1. The van der Waals surface area contributed by atoms with Gasteiger partial charge in [0.05, 0.1) is 6.61 Å². The molecule has 0 spiro atoms. The molecule has 0 aliphatic rings. The van der Waals surface area contributed by atoms with Crippen LogP contribution in [-0.2, 0) is 9.59 Å². The van der Waals surface area contributed by atoms with Crippen molar-refractivity contribution < 1.29 is 24.9 Å². The Morgan fingerprint density at radius 2 is 2.00 bits per heavy atom. The van der Waals surface area contributed by atoms with Crippen LogP contribution in [0, 0.1) is 5.41 Å². The van der Waals surface area contributed by atoms with E-state index in [2.05, 4.69) is 5.32 Å². The minimum atomic E-state index is -1.40. The van der Waals surface area contributed by atoms with Crippen molar-refractivity contribution in [1.29, 1.82) is 0 Å². The van der Waals surface area contributed by atoms with Gasteiger partial charge in [-0.25, -0.2) is 4.79 Å². The summed E-state index contributed by atoms with van der Waals surface area (Å²) in [6.45, 7) is 2.67. The van der Waals surface area contributed by atoms with Crippen LogP contribution in [0.5, 0.6) is 0 Å². The van der Waals surface area contributed by atoms with Crippen molar-refractivity contribution in [2.24, 2.45) is 5.41 Å². The number of carbonyl (C=O) groups is 2. The highest BCUT2D eigenvalue weighted by Gasteiger charge is 2.32. The van der Waals surface area contributed by atoms with Crippen molar-refractivity contribution in [1.82, 2.24) is 5.32 Å². The van der Waals surface area contributed by atoms with Crippen LogP contribution in [-0.4, -0.2) is 39.9 Å². The number of hydrogen-bond acceptors (Lipinski definition) is 4. The van der Waals surface area contributed by atoms with E-state index in [0.29, 0.717) is 0 Å². The van der Waals surface area contributed by atoms with Gasteiger partial charge in [0, 0.05) is 17.7 Å². The summed E-state index contributed by atoms with van der Waals surface area (Å²) < 4.78 is 0. The molecule has 0 aromatic rings. The highest BCUT2D eigenvalue weighted by molar-refractivity contribution is 5.84. The van der Waals surface area contributed by atoms with Gasteiger partial charge in [-0.05, 0) is 0 Å². The number of carboxylic acids is 1. The van der Waals surface area contributed by atoms with Gasteiger partial charge in [-0.1, -0.05) is 13.8 Å². The fourth-order valence-corrected chi connectivity index (χ4v) is 0.715. The van der Waals surface area contributed by atoms with Crippen molar-refractivity contribution in [2.45, 2.75) is 20.0 Å². The summed E-state index contributed by atoms with van der Waals surface area (Å²) in [6.07, 6.45) is 0.249. The summed E-state index contributed by atoms with van der Waals surface area (Å²) in [5.41, 5.74) is -0.971. The molecule has 15 heavy (non-hydrogen) atoms. The van der Waals surface area contributed by atoms with Gasteiger partial charge in [0.15, 0.2) is 0 Å². The molecule has 1 amide bonds. The summed E-state index contributed by atoms with van der Waals surface area (Å²) in [5.74, 6) is -1.96. The Labute approximate surface area is 87.2 Å². The number of hydrogen-bond donors (Lipinski definition) is 4. The number of aliphatic hydroxyl groups is 2. The maximum atomic E-state index is 11.2. The zero-order valence-electron chi connectivity index (χ0n) is 8.60. The molecule has 0 aromatic carbocycles. The zero-order valence-corrected chi connectivity index (χ0v) is 8.60. The minimum absolute atomic E-state index is 0.357. The summed E-state index contributed by atoms with van der Waals surface area (Å²) in [4.78, 5) is 21.3. The number of rotatable bonds is 5. The predicted octanol–water partition coefficient (Wildman–Crippen LogP) is -0.920. The molecular formula is C9H15NO5. The van der Waals surface area contributed by atoms with E-state index < -0.39 is 23.4 Å². The lowest BCUT2D eigenvalue weighted by Gasteiger charge is -2.26. The van der Waals surface area contributed by atoms with E-state index in [1.807, 2.05) is 0 Å². The molecule has 0 fully saturated rings. The third-order valence-electron chi connectivity index (χ3n) is 1.85. The Balaban J connectivity index is 4.28. The summed E-state index contributed by atoms with van der Waals surface area (Å²) in [7, 11) is 0. The number of nitrogens with one attached hydrogen (secondary N) is 1. The number of carbonyl (C=O) groups excluding carboxylic acids is 1. The summed E-state index contributed by atoms with van der Waals surface area (Å²) in [5, 5.41) is 28.7. The molecule has 0 heterocycles. The molecule has 1 atom stereocenters. The van der Waals surface area contributed by atoms with Gasteiger partial charge in [-0.2, -0.15) is 0 Å². The SMILES string of the molecule is CC(C)(CO)[C@H](O)C(=O)N/C=C\C(=O)O. The van der Waals surface area contributed by atoms with Gasteiger partial charge >= 0.3 is 5.97 Å². The Hall–Kier alpha value is -1.40. The monoisotopic (exact) mass is 217 g/mol. The van der Waals surface area contributed by atoms with Crippen LogP contribution in [0.3, 0.4) is 0 Å². The lowest BCUT2D eigenvalue weighted by atomic mass is 9.87. The average molecular weight is 217 g/mol. The first-order valence-corrected chi connectivity index (χ1v) is 4.30. The fraction of sp³-hybridized carbons (Fsp3) is 0.556. The van der Waals surface area contributed by atoms with Crippen LogP contribution in [0.2, 0.25) is 0 Å². The van der Waals surface area contributed by atoms with E-state index in [1.54, 1.807) is 0 Å². The molecule has 4 N–H and O–H groups in total. The lowest BCUT2D eigenvalue weighted by molar-refractivity contribution is -0.136. The quantitative estimate of drug-likeness (QED) is 0.445. The predicted molar refractivity (Wildman–Crippen MR) is 51.8 cm³/mol. The maximum absolute atomic E-state index is 11.2. The Kier molecular flexibility index (Phi) is 4.96. The Morgan fingerprint density at radius 3 is 2.40 bits per heavy atom. The van der Waals surface area contributed by atoms with Gasteiger partial charge in [0.1, 0.15) is 6.10 Å². The lowest BCUT2D eigenvalue weighted by Crippen LogP contribution is -2.44. The Bertz CT molecular complexity index is 272. The molecule has 0 bridgehead atoms. The van der Waals surface area contributed by atoms with Crippen LogP contribution in [0.25, 0.3) is 0 Å². The number of aliphatic carboxylic acids is 1. The molecule has 0 aliphatic heterocycles. The second kappa shape index (κ2) is 5.47. The molecule has 6 heteroatoms. The van der Waals surface area contributed by atoms with Crippen LogP contribution in [0.15, 0.2) is 12.3 Å². The van der Waals surface area contributed by atoms with Crippen molar-refractivity contribution in [3.8, 4) is 0 Å². The first-order chi connectivity index (χ1) is 6.81. The van der Waals surface area contributed by atoms with E-state index in [9.17, 15) is 14.7 Å². The number of amides is 1. The molecule has 6 nitrogen and oxygen atoms in total. The Morgan fingerprint density at radius 1 is 1.47 bits per heavy atom. The molecule has 86 valence electrons. The first kappa shape index (κ1) is 13.6. The van der Waals surface area contributed by atoms with Crippen molar-refractivity contribution in [3.63, 3.8) is 0 Å². The van der Waals surface area contributed by atoms with Crippen molar-refractivity contribution in [2.75, 3.05) is 6.61 Å². The van der Waals surface area contributed by atoms with E-state index in [4.69, 9.17) is 10.2 Å². The van der Waals surface area contributed by atoms with Gasteiger partial charge in [-0.3, -0.25) is 4.79 Å². The largest absolute Gasteiger partial charge is 0.478 e. The molecule has 0 saturated carbocycles. The van der Waals surface area contributed by atoms with Crippen LogP contribution in [0.4, 0.5) is 0 Å². The van der Waals surface area contributed by atoms with Gasteiger partial charge in [0.25, 0.3) is 5.91 Å². The first-order valence-electron chi connectivity index (χ1n) is 4.30. The maximum Gasteiger partial charge on any atom is 0.329 e. The van der Waals surface area contributed by atoms with E-state index in [0.717, 1.165) is 12.3 Å². The summed E-state index contributed by atoms with van der Waals surface area (Å²) in [6, 6.07) is 0. The van der Waals surface area contributed by atoms with E-state index >= 15 is 0 Å². The van der Waals surface area contributed by atoms with Crippen LogP contribution < -0.4 is 5.32 Å². The molecule has 0 saturated heterocycles. The normalized spacial score (nSPS) is 13.9. The topological polar surface area (TPSA) is 107 Å². The second-order valence-electron chi connectivity index (χ2n) is 3.73. The molecule has 0 aliphatic carbocycles. The smallest absolute Gasteiger partial charge is 0.329 e. The van der Waals surface area contributed by atoms with Gasteiger partial charge in [0.2, 0.25) is 0 Å². The third kappa shape index (κ3) is 4.57. The van der Waals surface area contributed by atoms with Gasteiger partial charge < -0.3 is 20.6 Å². The van der Waals surface area contributed by atoms with E-state index in [-0.39, 0.29) is 6.61 Å². The second-order valence-corrected chi connectivity index (χ2v) is 3.73.